The lowest BCUT2D eigenvalue weighted by molar-refractivity contribution is -0.126. The van der Waals surface area contributed by atoms with Gasteiger partial charge in [-0.25, -0.2) is 14.4 Å². The number of carbonyl (C=O) groups excluding carboxylic acids is 1. The Labute approximate surface area is 187 Å². The van der Waals surface area contributed by atoms with E-state index in [1.165, 1.54) is 23.8 Å². The summed E-state index contributed by atoms with van der Waals surface area (Å²) in [5.74, 6) is 1.80. The second kappa shape index (κ2) is 9.60. The zero-order valence-corrected chi connectivity index (χ0v) is 18.3. The molecule has 3 aromatic rings. The van der Waals surface area contributed by atoms with Gasteiger partial charge in [0.1, 0.15) is 23.3 Å². The Morgan fingerprint density at radius 1 is 1.00 bits per heavy atom. The third kappa shape index (κ3) is 5.29. The van der Waals surface area contributed by atoms with Crippen molar-refractivity contribution < 1.29 is 9.18 Å². The Hall–Kier alpha value is -3.74. The van der Waals surface area contributed by atoms with Crippen LogP contribution in [0, 0.1) is 19.7 Å². The average Bonchev–Trinajstić information content (AvgIpc) is 2.79. The van der Waals surface area contributed by atoms with Crippen LogP contribution in [0.3, 0.4) is 0 Å². The van der Waals surface area contributed by atoms with Crippen LogP contribution in [0.4, 0.5) is 21.7 Å². The van der Waals surface area contributed by atoms with Crippen molar-refractivity contribution in [1.82, 2.24) is 14.9 Å². The smallest absolute Gasteiger partial charge is 0.246 e. The summed E-state index contributed by atoms with van der Waals surface area (Å²) >= 11 is 0. The number of carbonyl (C=O) groups is 1. The van der Waals surface area contributed by atoms with E-state index in [-0.39, 0.29) is 11.7 Å². The molecule has 1 N–H and O–H groups in total. The van der Waals surface area contributed by atoms with Gasteiger partial charge < -0.3 is 15.1 Å². The molecule has 0 saturated carbocycles. The molecule has 164 valence electrons. The van der Waals surface area contributed by atoms with Crippen LogP contribution in [0.25, 0.3) is 6.08 Å². The van der Waals surface area contributed by atoms with Gasteiger partial charge in [-0.05, 0) is 38.1 Å². The molecular formula is C25H26FN5O. The number of rotatable bonds is 5. The first-order valence-electron chi connectivity index (χ1n) is 10.6. The molecule has 1 amide bonds. The van der Waals surface area contributed by atoms with Gasteiger partial charge in [0.05, 0.1) is 0 Å². The third-order valence-electron chi connectivity index (χ3n) is 5.37. The minimum absolute atomic E-state index is 0.117. The van der Waals surface area contributed by atoms with Crippen molar-refractivity contribution in [2.24, 2.45) is 0 Å². The first-order chi connectivity index (χ1) is 15.5. The second-order valence-corrected chi connectivity index (χ2v) is 7.82. The molecule has 0 atom stereocenters. The molecule has 1 aliphatic rings. The maximum atomic E-state index is 13.7. The standard InChI is InChI=1S/C25H26FN5O/c1-18-7-10-21(11-8-18)29-23-17-24(28-19(2)27-23)30-13-15-31(16-14-30)25(32)12-9-20-5-3-4-6-22(20)26/h3-12,17H,13-16H2,1-2H3,(H,27,28,29)/b12-9+. The zero-order chi connectivity index (χ0) is 22.5. The Kier molecular flexibility index (Phi) is 6.44. The van der Waals surface area contributed by atoms with E-state index < -0.39 is 0 Å². The number of anilines is 3. The minimum Gasteiger partial charge on any atom is -0.353 e. The fraction of sp³-hybridized carbons (Fsp3) is 0.240. The molecule has 0 spiro atoms. The molecule has 1 aliphatic heterocycles. The number of halogens is 1. The van der Waals surface area contributed by atoms with Gasteiger partial charge in [0.15, 0.2) is 0 Å². The number of hydrogen-bond acceptors (Lipinski definition) is 5. The summed E-state index contributed by atoms with van der Waals surface area (Å²) in [7, 11) is 0. The summed E-state index contributed by atoms with van der Waals surface area (Å²) in [5.41, 5.74) is 2.58. The van der Waals surface area contributed by atoms with Crippen LogP contribution >= 0.6 is 0 Å². The van der Waals surface area contributed by atoms with Crippen molar-refractivity contribution in [1.29, 1.82) is 0 Å². The molecule has 0 radical (unpaired) electrons. The number of nitrogens with one attached hydrogen (secondary N) is 1. The van der Waals surface area contributed by atoms with Crippen molar-refractivity contribution in [3.63, 3.8) is 0 Å². The van der Waals surface area contributed by atoms with E-state index in [0.29, 0.717) is 37.6 Å². The van der Waals surface area contributed by atoms with Crippen LogP contribution in [0.2, 0.25) is 0 Å². The summed E-state index contributed by atoms with van der Waals surface area (Å²) in [6, 6.07) is 16.5. The number of nitrogens with zero attached hydrogens (tertiary/aromatic N) is 4. The number of aryl methyl sites for hydroxylation is 2. The Bertz CT molecular complexity index is 1120. The normalized spacial score (nSPS) is 14.1. The number of aromatic nitrogens is 2. The van der Waals surface area contributed by atoms with Gasteiger partial charge in [-0.1, -0.05) is 35.9 Å². The molecule has 4 rings (SSSR count). The van der Waals surface area contributed by atoms with E-state index >= 15 is 0 Å². The van der Waals surface area contributed by atoms with Crippen LogP contribution in [0.15, 0.2) is 60.7 Å². The molecule has 2 heterocycles. The molecule has 32 heavy (non-hydrogen) atoms. The maximum absolute atomic E-state index is 13.7. The molecule has 0 aliphatic carbocycles. The first-order valence-corrected chi connectivity index (χ1v) is 10.6. The van der Waals surface area contributed by atoms with E-state index in [9.17, 15) is 9.18 Å². The van der Waals surface area contributed by atoms with E-state index in [1.54, 1.807) is 23.1 Å². The Morgan fingerprint density at radius 2 is 1.72 bits per heavy atom. The highest BCUT2D eigenvalue weighted by atomic mass is 19.1. The lowest BCUT2D eigenvalue weighted by Gasteiger charge is -2.35. The predicted octanol–water partition coefficient (Wildman–Crippen LogP) is 4.34. The SMILES string of the molecule is Cc1ccc(Nc2cc(N3CCN(C(=O)/C=C/c4ccccc4F)CC3)nc(C)n2)cc1. The first kappa shape index (κ1) is 21.5. The van der Waals surface area contributed by atoms with Gasteiger partial charge in [0.25, 0.3) is 0 Å². The van der Waals surface area contributed by atoms with Crippen molar-refractivity contribution in [3.05, 3.63) is 83.4 Å². The van der Waals surface area contributed by atoms with Crippen LogP contribution in [0.1, 0.15) is 17.0 Å². The number of piperazine rings is 1. The molecule has 0 unspecified atom stereocenters. The van der Waals surface area contributed by atoms with Gasteiger partial charge >= 0.3 is 0 Å². The van der Waals surface area contributed by atoms with Crippen molar-refractivity contribution in [2.45, 2.75) is 13.8 Å². The molecule has 2 aromatic carbocycles. The minimum atomic E-state index is -0.337. The summed E-state index contributed by atoms with van der Waals surface area (Å²) in [4.78, 5) is 25.5. The second-order valence-electron chi connectivity index (χ2n) is 7.82. The molecule has 1 saturated heterocycles. The van der Waals surface area contributed by atoms with Crippen LogP contribution < -0.4 is 10.2 Å². The number of amides is 1. The van der Waals surface area contributed by atoms with Crippen molar-refractivity contribution >= 4 is 29.3 Å². The van der Waals surface area contributed by atoms with Crippen molar-refractivity contribution in [2.75, 3.05) is 36.4 Å². The van der Waals surface area contributed by atoms with E-state index in [2.05, 4.69) is 27.1 Å². The maximum Gasteiger partial charge on any atom is 0.246 e. The molecule has 6 nitrogen and oxygen atoms in total. The average molecular weight is 432 g/mol. The summed E-state index contributed by atoms with van der Waals surface area (Å²) in [5, 5.41) is 3.33. The van der Waals surface area contributed by atoms with Gasteiger partial charge in [-0.15, -0.1) is 0 Å². The number of hydrogen-bond donors (Lipinski definition) is 1. The van der Waals surface area contributed by atoms with Gasteiger partial charge in [-0.3, -0.25) is 4.79 Å². The van der Waals surface area contributed by atoms with Crippen LogP contribution in [-0.2, 0) is 4.79 Å². The zero-order valence-electron chi connectivity index (χ0n) is 18.3. The molecule has 7 heteroatoms. The monoisotopic (exact) mass is 431 g/mol. The summed E-state index contributed by atoms with van der Waals surface area (Å²) in [6.45, 7) is 6.40. The largest absolute Gasteiger partial charge is 0.353 e. The third-order valence-corrected chi connectivity index (χ3v) is 5.37. The number of benzene rings is 2. The quantitative estimate of drug-likeness (QED) is 0.609. The lowest BCUT2D eigenvalue weighted by Crippen LogP contribution is -2.48. The van der Waals surface area contributed by atoms with Gasteiger partial charge in [-0.2, -0.15) is 0 Å². The Balaban J connectivity index is 1.38. The van der Waals surface area contributed by atoms with Crippen molar-refractivity contribution in [3.8, 4) is 0 Å². The highest BCUT2D eigenvalue weighted by Crippen LogP contribution is 2.21. The van der Waals surface area contributed by atoms with Crippen LogP contribution in [0.5, 0.6) is 0 Å². The lowest BCUT2D eigenvalue weighted by atomic mass is 10.2. The van der Waals surface area contributed by atoms with E-state index in [4.69, 9.17) is 0 Å². The highest BCUT2D eigenvalue weighted by Gasteiger charge is 2.21. The fourth-order valence-electron chi connectivity index (χ4n) is 3.60. The highest BCUT2D eigenvalue weighted by molar-refractivity contribution is 5.92. The molecule has 0 bridgehead atoms. The van der Waals surface area contributed by atoms with E-state index in [1.807, 2.05) is 37.3 Å². The van der Waals surface area contributed by atoms with E-state index in [0.717, 1.165) is 17.3 Å². The van der Waals surface area contributed by atoms with Gasteiger partial charge in [0, 0.05) is 49.6 Å². The van der Waals surface area contributed by atoms with Gasteiger partial charge in [0.2, 0.25) is 5.91 Å². The summed E-state index contributed by atoms with van der Waals surface area (Å²) in [6.07, 6.45) is 2.97. The fourth-order valence-corrected chi connectivity index (χ4v) is 3.60. The topological polar surface area (TPSA) is 61.4 Å². The molecule has 1 aromatic heterocycles. The van der Waals surface area contributed by atoms with Crippen LogP contribution in [-0.4, -0.2) is 47.0 Å². The predicted molar refractivity (Wildman–Crippen MR) is 125 cm³/mol. The molecular weight excluding hydrogens is 405 g/mol. The summed E-state index contributed by atoms with van der Waals surface area (Å²) < 4.78 is 13.7. The molecule has 1 fully saturated rings. The Morgan fingerprint density at radius 3 is 2.44 bits per heavy atom.